The molecule has 0 amide bonds. The van der Waals surface area contributed by atoms with Gasteiger partial charge in [-0.2, -0.15) is 10.5 Å². The zero-order valence-corrected chi connectivity index (χ0v) is 12.9. The van der Waals surface area contributed by atoms with Gasteiger partial charge in [-0.1, -0.05) is 6.07 Å². The highest BCUT2D eigenvalue weighted by atomic mass is 127. The molecule has 8 nitrogen and oxygen atoms in total. The van der Waals surface area contributed by atoms with Crippen LogP contribution >= 0.6 is 22.6 Å². The molecular weight excluding hydrogens is 401 g/mol. The Hall–Kier alpha value is -2.92. The van der Waals surface area contributed by atoms with Crippen molar-refractivity contribution in [2.24, 2.45) is 0 Å². The van der Waals surface area contributed by atoms with Gasteiger partial charge in [0.05, 0.1) is 8.49 Å². The summed E-state index contributed by atoms with van der Waals surface area (Å²) >= 11 is 1.80. The predicted octanol–water partition coefficient (Wildman–Crippen LogP) is 1.88. The lowest BCUT2D eigenvalue weighted by molar-refractivity contribution is -0.385. The Morgan fingerprint density at radius 2 is 1.91 bits per heavy atom. The Morgan fingerprint density at radius 3 is 2.45 bits per heavy atom. The van der Waals surface area contributed by atoms with Crippen molar-refractivity contribution < 1.29 is 4.92 Å². The molecule has 0 saturated heterocycles. The monoisotopic (exact) mass is 407 g/mol. The van der Waals surface area contributed by atoms with E-state index in [9.17, 15) is 20.2 Å². The topological polar surface area (TPSA) is 150 Å². The molecule has 0 radical (unpaired) electrons. The summed E-state index contributed by atoms with van der Waals surface area (Å²) in [5.74, 6) is -0.192. The molecule has 0 aliphatic heterocycles. The molecule has 0 bridgehead atoms. The molecule has 2 aromatic rings. The highest BCUT2D eigenvalue weighted by Crippen LogP contribution is 2.32. The van der Waals surface area contributed by atoms with Crippen molar-refractivity contribution in [3.8, 4) is 23.3 Å². The van der Waals surface area contributed by atoms with Gasteiger partial charge >= 0.3 is 0 Å². The number of nitriles is 2. The Bertz CT molecular complexity index is 936. The number of nitrogen functional groups attached to an aromatic ring is 1. The quantitative estimate of drug-likeness (QED) is 0.441. The summed E-state index contributed by atoms with van der Waals surface area (Å²) in [7, 11) is 0. The van der Waals surface area contributed by atoms with E-state index in [0.717, 1.165) is 0 Å². The Morgan fingerprint density at radius 1 is 1.27 bits per heavy atom. The van der Waals surface area contributed by atoms with Gasteiger partial charge in [0.1, 0.15) is 29.1 Å². The van der Waals surface area contributed by atoms with Gasteiger partial charge in [-0.15, -0.1) is 0 Å². The third kappa shape index (κ3) is 2.49. The van der Waals surface area contributed by atoms with Crippen molar-refractivity contribution in [1.82, 2.24) is 4.98 Å². The number of nitrogens with one attached hydrogen (secondary N) is 1. The van der Waals surface area contributed by atoms with Gasteiger partial charge in [0.2, 0.25) is 0 Å². The number of aromatic nitrogens is 1. The van der Waals surface area contributed by atoms with Gasteiger partial charge in [-0.05, 0) is 34.2 Å². The third-order valence-electron chi connectivity index (χ3n) is 2.90. The zero-order valence-electron chi connectivity index (χ0n) is 10.8. The summed E-state index contributed by atoms with van der Waals surface area (Å²) < 4.78 is 0.390. The highest BCUT2D eigenvalue weighted by molar-refractivity contribution is 14.1. The molecular formula is C13H6IN5O3. The normalized spacial score (nSPS) is 9.77. The first-order chi connectivity index (χ1) is 10.4. The van der Waals surface area contributed by atoms with Crippen molar-refractivity contribution >= 4 is 34.1 Å². The third-order valence-corrected chi connectivity index (χ3v) is 3.81. The largest absolute Gasteiger partial charge is 0.384 e. The molecule has 0 aliphatic rings. The minimum absolute atomic E-state index is 0.00856. The minimum Gasteiger partial charge on any atom is -0.384 e. The number of H-pyrrole nitrogens is 1. The van der Waals surface area contributed by atoms with E-state index in [4.69, 9.17) is 11.0 Å². The lowest BCUT2D eigenvalue weighted by atomic mass is 9.96. The van der Waals surface area contributed by atoms with Crippen molar-refractivity contribution in [1.29, 1.82) is 10.5 Å². The SMILES string of the molecule is N#Cc1c(N)[nH]c(=O)c(C#N)c1-c1ccc(I)c([N+](=O)[O-])c1. The van der Waals surface area contributed by atoms with E-state index in [0.29, 0.717) is 3.57 Å². The fraction of sp³-hybridized carbons (Fsp3) is 0. The van der Waals surface area contributed by atoms with Crippen LogP contribution in [0.25, 0.3) is 11.1 Å². The van der Waals surface area contributed by atoms with E-state index in [2.05, 4.69) is 4.98 Å². The molecule has 0 unspecified atom stereocenters. The molecule has 1 aromatic carbocycles. The summed E-state index contributed by atoms with van der Waals surface area (Å²) in [6.07, 6.45) is 0. The molecule has 0 atom stereocenters. The first-order valence-corrected chi connectivity index (χ1v) is 6.78. The van der Waals surface area contributed by atoms with Gasteiger partial charge in [-0.25, -0.2) is 0 Å². The number of benzene rings is 1. The molecule has 3 N–H and O–H groups in total. The lowest BCUT2D eigenvalue weighted by Gasteiger charge is -2.09. The molecule has 0 saturated carbocycles. The van der Waals surface area contributed by atoms with Crippen LogP contribution in [0.3, 0.4) is 0 Å². The number of rotatable bonds is 2. The number of nitrogens with two attached hydrogens (primary N) is 1. The van der Waals surface area contributed by atoms with Crippen molar-refractivity contribution in [3.63, 3.8) is 0 Å². The van der Waals surface area contributed by atoms with Gasteiger partial charge in [-0.3, -0.25) is 14.9 Å². The molecule has 22 heavy (non-hydrogen) atoms. The number of nitro groups is 1. The Labute approximate surface area is 137 Å². The number of hydrogen-bond donors (Lipinski definition) is 2. The number of pyridine rings is 1. The summed E-state index contributed by atoms with van der Waals surface area (Å²) in [5, 5.41) is 29.4. The molecule has 0 spiro atoms. The minimum atomic E-state index is -0.754. The number of aromatic amines is 1. The van der Waals surface area contributed by atoms with Crippen LogP contribution in [0, 0.1) is 36.3 Å². The number of hydrogen-bond acceptors (Lipinski definition) is 6. The first kappa shape index (κ1) is 15.5. The fourth-order valence-corrected chi connectivity index (χ4v) is 2.47. The second-order valence-corrected chi connectivity index (χ2v) is 5.30. The van der Waals surface area contributed by atoms with Crippen molar-refractivity contribution in [2.45, 2.75) is 0 Å². The number of anilines is 1. The number of halogens is 1. The lowest BCUT2D eigenvalue weighted by Crippen LogP contribution is -2.16. The van der Waals surface area contributed by atoms with Crippen molar-refractivity contribution in [3.05, 3.63) is 53.4 Å². The molecule has 2 rings (SSSR count). The van der Waals surface area contributed by atoms with Gasteiger partial charge < -0.3 is 10.7 Å². The van der Waals surface area contributed by atoms with E-state index in [-0.39, 0.29) is 33.8 Å². The van der Waals surface area contributed by atoms with Crippen LogP contribution in [0.5, 0.6) is 0 Å². The summed E-state index contributed by atoms with van der Waals surface area (Å²) in [6, 6.07) is 7.68. The summed E-state index contributed by atoms with van der Waals surface area (Å²) in [6.45, 7) is 0. The van der Waals surface area contributed by atoms with Crippen LogP contribution in [0.1, 0.15) is 11.1 Å². The molecule has 1 heterocycles. The smallest absolute Gasteiger partial charge is 0.283 e. The van der Waals surface area contributed by atoms with E-state index < -0.39 is 10.5 Å². The second-order valence-electron chi connectivity index (χ2n) is 4.14. The molecule has 9 heteroatoms. The average Bonchev–Trinajstić information content (AvgIpc) is 2.47. The second kappa shape index (κ2) is 5.83. The van der Waals surface area contributed by atoms with Crippen LogP contribution in [0.4, 0.5) is 11.5 Å². The maximum Gasteiger partial charge on any atom is 0.283 e. The molecule has 1 aromatic heterocycles. The zero-order chi connectivity index (χ0) is 16.4. The molecule has 0 fully saturated rings. The van der Waals surface area contributed by atoms with Crippen LogP contribution in [0.15, 0.2) is 23.0 Å². The van der Waals surface area contributed by atoms with E-state index >= 15 is 0 Å². The van der Waals surface area contributed by atoms with Gasteiger partial charge in [0.15, 0.2) is 0 Å². The van der Waals surface area contributed by atoms with Crippen LogP contribution in [0.2, 0.25) is 0 Å². The van der Waals surface area contributed by atoms with Crippen LogP contribution in [-0.2, 0) is 0 Å². The standard InChI is InChI=1S/C13H6IN5O3/c14-9-2-1-6(3-10(9)19(21)22)11-7(4-15)12(17)18-13(20)8(11)5-16/h1-3H,(H3,17,18,20). The van der Waals surface area contributed by atoms with Crippen LogP contribution < -0.4 is 11.3 Å². The summed E-state index contributed by atoms with van der Waals surface area (Å²) in [4.78, 5) is 24.5. The number of nitro benzene ring substituents is 1. The van der Waals surface area contributed by atoms with E-state index in [1.807, 2.05) is 6.07 Å². The van der Waals surface area contributed by atoms with Gasteiger partial charge in [0, 0.05) is 11.6 Å². The molecule has 108 valence electrons. The van der Waals surface area contributed by atoms with E-state index in [1.54, 1.807) is 28.7 Å². The Kier molecular flexibility index (Phi) is 4.10. The Balaban J connectivity index is 2.92. The average molecular weight is 407 g/mol. The molecule has 0 aliphatic carbocycles. The highest BCUT2D eigenvalue weighted by Gasteiger charge is 2.21. The predicted molar refractivity (Wildman–Crippen MR) is 85.7 cm³/mol. The van der Waals surface area contributed by atoms with Gasteiger partial charge in [0.25, 0.3) is 11.2 Å². The maximum atomic E-state index is 11.8. The number of nitrogens with zero attached hydrogens (tertiary/aromatic N) is 3. The fourth-order valence-electron chi connectivity index (χ4n) is 1.94. The van der Waals surface area contributed by atoms with Crippen molar-refractivity contribution in [2.75, 3.05) is 5.73 Å². The van der Waals surface area contributed by atoms with Crippen LogP contribution in [-0.4, -0.2) is 9.91 Å². The first-order valence-electron chi connectivity index (χ1n) is 5.71. The maximum absolute atomic E-state index is 11.8. The van der Waals surface area contributed by atoms with E-state index in [1.165, 1.54) is 18.2 Å². The summed E-state index contributed by atoms with van der Waals surface area (Å²) in [5.41, 5.74) is 4.43.